The molecule has 2 rings (SSSR count). The fourth-order valence-electron chi connectivity index (χ4n) is 1.85. The first-order valence-corrected chi connectivity index (χ1v) is 6.92. The van der Waals surface area contributed by atoms with Crippen molar-refractivity contribution in [1.82, 2.24) is 4.90 Å². The zero-order valence-electron chi connectivity index (χ0n) is 10.7. The Morgan fingerprint density at radius 3 is 2.60 bits per heavy atom. The van der Waals surface area contributed by atoms with E-state index in [1.807, 2.05) is 0 Å². The van der Waals surface area contributed by atoms with Gasteiger partial charge in [-0.25, -0.2) is 0 Å². The summed E-state index contributed by atoms with van der Waals surface area (Å²) in [6, 6.07) is 4.75. The van der Waals surface area contributed by atoms with Crippen molar-refractivity contribution in [2.24, 2.45) is 0 Å². The zero-order valence-corrected chi connectivity index (χ0v) is 12.2. The molecule has 1 heterocycles. The lowest BCUT2D eigenvalue weighted by molar-refractivity contribution is -0.138. The summed E-state index contributed by atoms with van der Waals surface area (Å²) >= 11 is 11.7. The molecule has 0 atom stereocenters. The summed E-state index contributed by atoms with van der Waals surface area (Å²) in [5, 5.41) is 3.42. The highest BCUT2D eigenvalue weighted by molar-refractivity contribution is 6.36. The predicted octanol–water partition coefficient (Wildman–Crippen LogP) is 2.18. The van der Waals surface area contributed by atoms with E-state index in [-0.39, 0.29) is 12.3 Å². The largest absolute Gasteiger partial charge is 0.378 e. The summed E-state index contributed by atoms with van der Waals surface area (Å²) in [7, 11) is 0. The fraction of sp³-hybridized carbons (Fsp3) is 0.385. The van der Waals surface area contributed by atoms with Gasteiger partial charge in [-0.3, -0.25) is 9.59 Å². The molecule has 20 heavy (non-hydrogen) atoms. The van der Waals surface area contributed by atoms with E-state index in [4.69, 9.17) is 27.9 Å². The molecule has 5 nitrogen and oxygen atoms in total. The van der Waals surface area contributed by atoms with E-state index in [0.29, 0.717) is 42.0 Å². The minimum Gasteiger partial charge on any atom is -0.378 e. The number of nitrogens with zero attached hydrogens (tertiary/aromatic N) is 1. The van der Waals surface area contributed by atoms with Crippen LogP contribution < -0.4 is 5.32 Å². The summed E-state index contributed by atoms with van der Waals surface area (Å²) in [5.74, 6) is -0.610. The van der Waals surface area contributed by atoms with Gasteiger partial charge in [0.05, 0.1) is 23.9 Å². The van der Waals surface area contributed by atoms with Crippen molar-refractivity contribution >= 4 is 40.7 Å². The second kappa shape index (κ2) is 6.92. The van der Waals surface area contributed by atoms with Gasteiger partial charge in [0, 0.05) is 18.1 Å². The monoisotopic (exact) mass is 316 g/mol. The van der Waals surface area contributed by atoms with Crippen molar-refractivity contribution in [2.75, 3.05) is 31.6 Å². The van der Waals surface area contributed by atoms with E-state index in [2.05, 4.69) is 5.32 Å². The smallest absolute Gasteiger partial charge is 0.233 e. The Labute approximate surface area is 126 Å². The maximum Gasteiger partial charge on any atom is 0.233 e. The molecule has 0 aliphatic carbocycles. The molecule has 1 fully saturated rings. The molecular formula is C13H14Cl2N2O3. The zero-order chi connectivity index (χ0) is 14.5. The molecule has 1 aromatic carbocycles. The lowest BCUT2D eigenvalue weighted by atomic mass is 10.2. The van der Waals surface area contributed by atoms with Crippen molar-refractivity contribution in [3.8, 4) is 0 Å². The molecule has 7 heteroatoms. The molecular weight excluding hydrogens is 303 g/mol. The van der Waals surface area contributed by atoms with E-state index in [1.54, 1.807) is 17.0 Å². The molecule has 2 amide bonds. The molecule has 1 aliphatic rings. The molecule has 0 radical (unpaired) electrons. The molecule has 0 aromatic heterocycles. The van der Waals surface area contributed by atoms with Crippen molar-refractivity contribution in [1.29, 1.82) is 0 Å². The highest BCUT2D eigenvalue weighted by Gasteiger charge is 2.19. The number of ether oxygens (including phenoxy) is 1. The lowest BCUT2D eigenvalue weighted by Crippen LogP contribution is -2.41. The van der Waals surface area contributed by atoms with Crippen LogP contribution in [0.1, 0.15) is 6.42 Å². The van der Waals surface area contributed by atoms with Crippen LogP contribution in [0.2, 0.25) is 10.0 Å². The number of morpholine rings is 1. The number of halogens is 2. The summed E-state index contributed by atoms with van der Waals surface area (Å²) in [6.45, 7) is 2.06. The lowest BCUT2D eigenvalue weighted by Gasteiger charge is -2.26. The van der Waals surface area contributed by atoms with Crippen LogP contribution in [0.25, 0.3) is 0 Å². The third kappa shape index (κ3) is 4.10. The van der Waals surface area contributed by atoms with Gasteiger partial charge in [-0.05, 0) is 18.2 Å². The van der Waals surface area contributed by atoms with Crippen molar-refractivity contribution in [3.63, 3.8) is 0 Å². The Kier molecular flexibility index (Phi) is 5.23. The van der Waals surface area contributed by atoms with Gasteiger partial charge < -0.3 is 15.0 Å². The molecule has 1 N–H and O–H groups in total. The number of hydrogen-bond acceptors (Lipinski definition) is 3. The van der Waals surface area contributed by atoms with Crippen LogP contribution in [0.3, 0.4) is 0 Å². The minimum absolute atomic E-state index is 0.209. The van der Waals surface area contributed by atoms with Gasteiger partial charge in [-0.2, -0.15) is 0 Å². The maximum atomic E-state index is 11.9. The van der Waals surface area contributed by atoms with Gasteiger partial charge in [0.25, 0.3) is 0 Å². The molecule has 0 bridgehead atoms. The molecule has 0 saturated carbocycles. The van der Waals surface area contributed by atoms with E-state index in [1.165, 1.54) is 6.07 Å². The average Bonchev–Trinajstić information content (AvgIpc) is 2.43. The first kappa shape index (κ1) is 15.1. The number of amides is 2. The quantitative estimate of drug-likeness (QED) is 0.869. The van der Waals surface area contributed by atoms with E-state index >= 15 is 0 Å². The minimum atomic E-state index is -0.397. The second-order valence-corrected chi connectivity index (χ2v) is 5.19. The molecule has 1 saturated heterocycles. The van der Waals surface area contributed by atoms with E-state index in [9.17, 15) is 9.59 Å². The normalized spacial score (nSPS) is 15.0. The fourth-order valence-corrected chi connectivity index (χ4v) is 2.30. The summed E-state index contributed by atoms with van der Waals surface area (Å²) in [4.78, 5) is 25.3. The third-order valence-electron chi connectivity index (χ3n) is 2.88. The topological polar surface area (TPSA) is 58.6 Å². The summed E-state index contributed by atoms with van der Waals surface area (Å²) in [6.07, 6.45) is -0.209. The molecule has 1 aromatic rings. The third-order valence-corrected chi connectivity index (χ3v) is 3.43. The SMILES string of the molecule is O=C(CC(=O)N1CCOCC1)Nc1ccc(Cl)cc1Cl. The Morgan fingerprint density at radius 2 is 1.95 bits per heavy atom. The van der Waals surface area contributed by atoms with Crippen LogP contribution in [0.15, 0.2) is 18.2 Å². The van der Waals surface area contributed by atoms with Gasteiger partial charge in [-0.15, -0.1) is 0 Å². The standard InChI is InChI=1S/C13H14Cl2N2O3/c14-9-1-2-11(10(15)7-9)16-12(18)8-13(19)17-3-5-20-6-4-17/h1-2,7H,3-6,8H2,(H,16,18). The number of hydrogen-bond donors (Lipinski definition) is 1. The Morgan fingerprint density at radius 1 is 1.25 bits per heavy atom. The van der Waals surface area contributed by atoms with Crippen molar-refractivity contribution in [3.05, 3.63) is 28.2 Å². The van der Waals surface area contributed by atoms with Crippen LogP contribution in [0, 0.1) is 0 Å². The Hall–Kier alpha value is -1.30. The maximum absolute atomic E-state index is 11.9. The Bertz CT molecular complexity index is 516. The molecule has 0 spiro atoms. The van der Waals surface area contributed by atoms with Crippen LogP contribution >= 0.6 is 23.2 Å². The van der Waals surface area contributed by atoms with Crippen LogP contribution in [-0.2, 0) is 14.3 Å². The van der Waals surface area contributed by atoms with Gasteiger partial charge >= 0.3 is 0 Å². The number of nitrogens with one attached hydrogen (secondary N) is 1. The van der Waals surface area contributed by atoms with Crippen LogP contribution in [0.4, 0.5) is 5.69 Å². The van der Waals surface area contributed by atoms with Crippen molar-refractivity contribution < 1.29 is 14.3 Å². The molecule has 0 unspecified atom stereocenters. The number of carbonyl (C=O) groups excluding carboxylic acids is 2. The molecule has 108 valence electrons. The highest BCUT2D eigenvalue weighted by Crippen LogP contribution is 2.25. The number of benzene rings is 1. The first-order valence-electron chi connectivity index (χ1n) is 6.16. The predicted molar refractivity (Wildman–Crippen MR) is 77.1 cm³/mol. The van der Waals surface area contributed by atoms with E-state index in [0.717, 1.165) is 0 Å². The molecule has 1 aliphatic heterocycles. The van der Waals surface area contributed by atoms with Crippen molar-refractivity contribution in [2.45, 2.75) is 6.42 Å². The van der Waals surface area contributed by atoms with Gasteiger partial charge in [0.1, 0.15) is 6.42 Å². The van der Waals surface area contributed by atoms with Gasteiger partial charge in [-0.1, -0.05) is 23.2 Å². The van der Waals surface area contributed by atoms with Gasteiger partial charge in [0.2, 0.25) is 11.8 Å². The first-order chi connectivity index (χ1) is 9.56. The van der Waals surface area contributed by atoms with Crippen LogP contribution in [0.5, 0.6) is 0 Å². The number of anilines is 1. The van der Waals surface area contributed by atoms with Crippen LogP contribution in [-0.4, -0.2) is 43.0 Å². The number of carbonyl (C=O) groups is 2. The highest BCUT2D eigenvalue weighted by atomic mass is 35.5. The second-order valence-electron chi connectivity index (χ2n) is 4.34. The Balaban J connectivity index is 1.90. The summed E-state index contributed by atoms with van der Waals surface area (Å²) in [5.41, 5.74) is 0.441. The van der Waals surface area contributed by atoms with E-state index < -0.39 is 5.91 Å². The summed E-state index contributed by atoms with van der Waals surface area (Å²) < 4.78 is 5.15. The van der Waals surface area contributed by atoms with Gasteiger partial charge in [0.15, 0.2) is 0 Å². The average molecular weight is 317 g/mol. The number of rotatable bonds is 3.